The quantitative estimate of drug-likeness (QED) is 0.815. The summed E-state index contributed by atoms with van der Waals surface area (Å²) in [6, 6.07) is 1.45. The van der Waals surface area contributed by atoms with E-state index in [1.807, 2.05) is 0 Å². The Hall–Kier alpha value is -1.32. The molecule has 2 rings (SSSR count). The standard InChI is InChI=1S/C11H15FN2O/c12-9-7-14-11(6-10(9)13)15-8-4-2-1-3-5-8/h6-8H,1-5H2,(H2,13,14). The lowest BCUT2D eigenvalue weighted by Crippen LogP contribution is -2.20. The summed E-state index contributed by atoms with van der Waals surface area (Å²) in [7, 11) is 0. The lowest BCUT2D eigenvalue weighted by molar-refractivity contribution is 0.148. The number of anilines is 1. The summed E-state index contributed by atoms with van der Waals surface area (Å²) in [5, 5.41) is 0. The van der Waals surface area contributed by atoms with E-state index in [-0.39, 0.29) is 11.8 Å². The fraction of sp³-hybridized carbons (Fsp3) is 0.545. The third kappa shape index (κ3) is 2.58. The molecule has 1 aliphatic rings. The fourth-order valence-electron chi connectivity index (χ4n) is 1.85. The van der Waals surface area contributed by atoms with E-state index in [0.29, 0.717) is 5.88 Å². The van der Waals surface area contributed by atoms with E-state index in [9.17, 15) is 4.39 Å². The van der Waals surface area contributed by atoms with Crippen molar-refractivity contribution in [1.29, 1.82) is 0 Å². The van der Waals surface area contributed by atoms with Gasteiger partial charge in [-0.2, -0.15) is 0 Å². The van der Waals surface area contributed by atoms with Gasteiger partial charge >= 0.3 is 0 Å². The van der Waals surface area contributed by atoms with Gasteiger partial charge in [0.25, 0.3) is 0 Å². The molecule has 0 amide bonds. The van der Waals surface area contributed by atoms with Crippen molar-refractivity contribution in [3.05, 3.63) is 18.1 Å². The Morgan fingerprint density at radius 2 is 2.07 bits per heavy atom. The zero-order chi connectivity index (χ0) is 10.7. The normalized spacial score (nSPS) is 17.7. The molecule has 0 spiro atoms. The third-order valence-corrected chi connectivity index (χ3v) is 2.70. The van der Waals surface area contributed by atoms with Gasteiger partial charge in [-0.15, -0.1) is 0 Å². The maximum Gasteiger partial charge on any atom is 0.215 e. The monoisotopic (exact) mass is 210 g/mol. The SMILES string of the molecule is Nc1cc(OC2CCCCC2)ncc1F. The van der Waals surface area contributed by atoms with Crippen molar-refractivity contribution in [2.45, 2.75) is 38.2 Å². The molecule has 1 heterocycles. The highest BCUT2D eigenvalue weighted by Gasteiger charge is 2.15. The molecule has 1 aromatic heterocycles. The molecule has 3 nitrogen and oxygen atoms in total. The second kappa shape index (κ2) is 4.47. The minimum absolute atomic E-state index is 0.0933. The number of rotatable bonds is 2. The molecule has 0 atom stereocenters. The van der Waals surface area contributed by atoms with Crippen LogP contribution in [0, 0.1) is 5.82 Å². The molecule has 0 bridgehead atoms. The summed E-state index contributed by atoms with van der Waals surface area (Å²) >= 11 is 0. The number of nitrogen functional groups attached to an aromatic ring is 1. The number of aromatic nitrogens is 1. The first-order valence-corrected chi connectivity index (χ1v) is 5.33. The molecular weight excluding hydrogens is 195 g/mol. The van der Waals surface area contributed by atoms with Gasteiger partial charge in [0.15, 0.2) is 5.82 Å². The van der Waals surface area contributed by atoms with Gasteiger partial charge in [0.05, 0.1) is 11.9 Å². The van der Waals surface area contributed by atoms with Crippen molar-refractivity contribution in [3.63, 3.8) is 0 Å². The predicted molar refractivity (Wildman–Crippen MR) is 56.1 cm³/mol. The Morgan fingerprint density at radius 3 is 2.73 bits per heavy atom. The zero-order valence-corrected chi connectivity index (χ0v) is 8.58. The number of ether oxygens (including phenoxy) is 1. The summed E-state index contributed by atoms with van der Waals surface area (Å²) in [5.41, 5.74) is 5.52. The van der Waals surface area contributed by atoms with Gasteiger partial charge in [0, 0.05) is 6.07 Å². The first kappa shape index (κ1) is 10.2. The molecule has 82 valence electrons. The lowest BCUT2D eigenvalue weighted by Gasteiger charge is -2.22. The van der Waals surface area contributed by atoms with Gasteiger partial charge in [-0.3, -0.25) is 0 Å². The van der Waals surface area contributed by atoms with Crippen LogP contribution in [-0.2, 0) is 0 Å². The van der Waals surface area contributed by atoms with Crippen LogP contribution in [0.25, 0.3) is 0 Å². The van der Waals surface area contributed by atoms with Crippen molar-refractivity contribution >= 4 is 5.69 Å². The number of pyridine rings is 1. The van der Waals surface area contributed by atoms with Gasteiger partial charge in [-0.05, 0) is 25.7 Å². The number of nitrogens with zero attached hydrogens (tertiary/aromatic N) is 1. The minimum Gasteiger partial charge on any atom is -0.474 e. The molecule has 1 fully saturated rings. The van der Waals surface area contributed by atoms with Crippen molar-refractivity contribution in [1.82, 2.24) is 4.98 Å². The zero-order valence-electron chi connectivity index (χ0n) is 8.58. The molecule has 0 unspecified atom stereocenters. The molecular formula is C11H15FN2O. The van der Waals surface area contributed by atoms with Crippen molar-refractivity contribution in [3.8, 4) is 5.88 Å². The molecule has 0 radical (unpaired) electrons. The number of hydrogen-bond acceptors (Lipinski definition) is 3. The number of hydrogen-bond donors (Lipinski definition) is 1. The highest BCUT2D eigenvalue weighted by molar-refractivity contribution is 5.41. The molecule has 4 heteroatoms. The van der Waals surface area contributed by atoms with Gasteiger partial charge in [-0.25, -0.2) is 9.37 Å². The Morgan fingerprint density at radius 1 is 1.33 bits per heavy atom. The highest BCUT2D eigenvalue weighted by atomic mass is 19.1. The largest absolute Gasteiger partial charge is 0.474 e. The molecule has 1 saturated carbocycles. The Bertz CT molecular complexity index is 337. The summed E-state index contributed by atoms with van der Waals surface area (Å²) in [6.45, 7) is 0. The van der Waals surface area contributed by atoms with E-state index in [2.05, 4.69) is 4.98 Å². The second-order valence-corrected chi connectivity index (χ2v) is 3.92. The van der Waals surface area contributed by atoms with Crippen LogP contribution in [-0.4, -0.2) is 11.1 Å². The first-order valence-electron chi connectivity index (χ1n) is 5.33. The van der Waals surface area contributed by atoms with Gasteiger partial charge in [0.2, 0.25) is 5.88 Å². The smallest absolute Gasteiger partial charge is 0.215 e. The fourth-order valence-corrected chi connectivity index (χ4v) is 1.85. The van der Waals surface area contributed by atoms with E-state index < -0.39 is 5.82 Å². The van der Waals surface area contributed by atoms with Crippen LogP contribution in [0.3, 0.4) is 0 Å². The van der Waals surface area contributed by atoms with Crippen LogP contribution < -0.4 is 10.5 Å². The second-order valence-electron chi connectivity index (χ2n) is 3.92. The van der Waals surface area contributed by atoms with Gasteiger partial charge < -0.3 is 10.5 Å². The number of halogens is 1. The topological polar surface area (TPSA) is 48.1 Å². The first-order chi connectivity index (χ1) is 7.25. The molecule has 0 aromatic carbocycles. The van der Waals surface area contributed by atoms with Crippen LogP contribution >= 0.6 is 0 Å². The third-order valence-electron chi connectivity index (χ3n) is 2.70. The van der Waals surface area contributed by atoms with E-state index in [4.69, 9.17) is 10.5 Å². The highest BCUT2D eigenvalue weighted by Crippen LogP contribution is 2.23. The average molecular weight is 210 g/mol. The van der Waals surface area contributed by atoms with Crippen LogP contribution in [0.15, 0.2) is 12.3 Å². The van der Waals surface area contributed by atoms with Gasteiger partial charge in [-0.1, -0.05) is 6.42 Å². The predicted octanol–water partition coefficient (Wildman–Crippen LogP) is 2.51. The molecule has 1 aliphatic carbocycles. The van der Waals surface area contributed by atoms with Crippen molar-refractivity contribution < 1.29 is 9.13 Å². The van der Waals surface area contributed by atoms with Crippen LogP contribution in [0.2, 0.25) is 0 Å². The van der Waals surface area contributed by atoms with E-state index in [0.717, 1.165) is 19.0 Å². The van der Waals surface area contributed by atoms with E-state index in [1.165, 1.54) is 25.3 Å². The molecule has 15 heavy (non-hydrogen) atoms. The Labute approximate surface area is 88.5 Å². The average Bonchev–Trinajstić information content (AvgIpc) is 2.25. The van der Waals surface area contributed by atoms with Crippen LogP contribution in [0.1, 0.15) is 32.1 Å². The van der Waals surface area contributed by atoms with Crippen LogP contribution in [0.5, 0.6) is 5.88 Å². The summed E-state index contributed by atoms with van der Waals surface area (Å²) in [6.07, 6.45) is 7.10. The number of nitrogens with two attached hydrogens (primary N) is 1. The lowest BCUT2D eigenvalue weighted by atomic mass is 9.98. The van der Waals surface area contributed by atoms with E-state index >= 15 is 0 Å². The van der Waals surface area contributed by atoms with Crippen molar-refractivity contribution in [2.24, 2.45) is 0 Å². The Balaban J connectivity index is 2.00. The van der Waals surface area contributed by atoms with E-state index in [1.54, 1.807) is 0 Å². The molecule has 0 saturated heterocycles. The Kier molecular flexibility index (Phi) is 3.04. The summed E-state index contributed by atoms with van der Waals surface area (Å²) in [5.74, 6) is -0.0632. The maximum atomic E-state index is 12.8. The molecule has 0 aliphatic heterocycles. The maximum absolute atomic E-state index is 12.8. The summed E-state index contributed by atoms with van der Waals surface area (Å²) < 4.78 is 18.5. The summed E-state index contributed by atoms with van der Waals surface area (Å²) in [4.78, 5) is 3.86. The minimum atomic E-state index is -0.494. The molecule has 1 aromatic rings. The van der Waals surface area contributed by atoms with Crippen LogP contribution in [0.4, 0.5) is 10.1 Å². The van der Waals surface area contributed by atoms with Crippen molar-refractivity contribution in [2.75, 3.05) is 5.73 Å². The van der Waals surface area contributed by atoms with Gasteiger partial charge in [0.1, 0.15) is 6.10 Å². The molecule has 2 N–H and O–H groups in total.